The topological polar surface area (TPSA) is 58.7 Å². The molecule has 0 spiro atoms. The van der Waals surface area contributed by atoms with E-state index in [1.54, 1.807) is 6.07 Å². The first-order valence-corrected chi connectivity index (χ1v) is 5.70. The third kappa shape index (κ3) is 3.39. The molecule has 1 atom stereocenters. The van der Waals surface area contributed by atoms with Gasteiger partial charge in [-0.3, -0.25) is 4.90 Å². The van der Waals surface area contributed by atoms with Crippen LogP contribution in [0.5, 0.6) is 5.75 Å². The van der Waals surface area contributed by atoms with Gasteiger partial charge in [0.2, 0.25) is 0 Å². The van der Waals surface area contributed by atoms with Crippen LogP contribution < -0.4 is 5.73 Å². The fourth-order valence-corrected chi connectivity index (χ4v) is 2.05. The molecule has 0 saturated carbocycles. The summed E-state index contributed by atoms with van der Waals surface area (Å²) in [6.45, 7) is 3.28. The van der Waals surface area contributed by atoms with Crippen LogP contribution in [0.3, 0.4) is 0 Å². The average Bonchev–Trinajstić information content (AvgIpc) is 2.28. The van der Waals surface area contributed by atoms with Crippen LogP contribution in [-0.4, -0.2) is 42.4 Å². The van der Waals surface area contributed by atoms with Crippen molar-refractivity contribution in [3.63, 3.8) is 0 Å². The smallest absolute Gasteiger partial charge is 0.127 e. The monoisotopic (exact) mass is 240 g/mol. The summed E-state index contributed by atoms with van der Waals surface area (Å²) in [5, 5.41) is 9.32. The highest BCUT2D eigenvalue weighted by molar-refractivity contribution is 5.28. The van der Waals surface area contributed by atoms with E-state index in [0.29, 0.717) is 19.7 Å². The third-order valence-corrected chi connectivity index (χ3v) is 2.83. The van der Waals surface area contributed by atoms with Gasteiger partial charge in [0.1, 0.15) is 11.6 Å². The molecule has 94 valence electrons. The molecule has 0 aliphatic carbocycles. The summed E-state index contributed by atoms with van der Waals surface area (Å²) < 4.78 is 18.6. The lowest BCUT2D eigenvalue weighted by atomic mass is 10.1. The number of phenols is 1. The molecule has 5 heteroatoms. The SMILES string of the molecule is NCC1CN(Cc2cc(O)cc(F)c2)CCO1. The van der Waals surface area contributed by atoms with E-state index < -0.39 is 5.82 Å². The first-order valence-electron chi connectivity index (χ1n) is 5.70. The van der Waals surface area contributed by atoms with Gasteiger partial charge in [0.25, 0.3) is 0 Å². The minimum atomic E-state index is -0.413. The highest BCUT2D eigenvalue weighted by atomic mass is 19.1. The maximum atomic E-state index is 13.1. The quantitative estimate of drug-likeness (QED) is 0.816. The van der Waals surface area contributed by atoms with Crippen molar-refractivity contribution in [2.75, 3.05) is 26.2 Å². The minimum absolute atomic E-state index is 0.0383. The third-order valence-electron chi connectivity index (χ3n) is 2.83. The molecule has 4 nitrogen and oxygen atoms in total. The second-order valence-corrected chi connectivity index (χ2v) is 4.28. The molecule has 1 aromatic rings. The van der Waals surface area contributed by atoms with E-state index in [-0.39, 0.29) is 11.9 Å². The number of nitrogens with zero attached hydrogens (tertiary/aromatic N) is 1. The molecule has 1 aliphatic rings. The van der Waals surface area contributed by atoms with Gasteiger partial charge in [-0.05, 0) is 17.7 Å². The highest BCUT2D eigenvalue weighted by Crippen LogP contribution is 2.17. The average molecular weight is 240 g/mol. The highest BCUT2D eigenvalue weighted by Gasteiger charge is 2.19. The van der Waals surface area contributed by atoms with Crippen molar-refractivity contribution < 1.29 is 14.2 Å². The summed E-state index contributed by atoms with van der Waals surface area (Å²) in [7, 11) is 0. The Labute approximate surface area is 99.8 Å². The molecule has 2 rings (SSSR count). The van der Waals surface area contributed by atoms with Crippen LogP contribution in [0.4, 0.5) is 4.39 Å². The summed E-state index contributed by atoms with van der Waals surface area (Å²) in [5.74, 6) is -0.452. The van der Waals surface area contributed by atoms with Gasteiger partial charge < -0.3 is 15.6 Å². The molecule has 1 fully saturated rings. The summed E-state index contributed by atoms with van der Waals surface area (Å²) in [6, 6.07) is 4.12. The Kier molecular flexibility index (Phi) is 3.93. The zero-order valence-corrected chi connectivity index (χ0v) is 9.60. The van der Waals surface area contributed by atoms with Gasteiger partial charge in [-0.25, -0.2) is 4.39 Å². The summed E-state index contributed by atoms with van der Waals surface area (Å²) >= 11 is 0. The van der Waals surface area contributed by atoms with Gasteiger partial charge in [-0.2, -0.15) is 0 Å². The van der Waals surface area contributed by atoms with E-state index in [0.717, 1.165) is 24.7 Å². The van der Waals surface area contributed by atoms with Crippen molar-refractivity contribution in [3.05, 3.63) is 29.6 Å². The number of aromatic hydroxyl groups is 1. The molecule has 1 unspecified atom stereocenters. The molecule has 0 amide bonds. The van der Waals surface area contributed by atoms with Crippen LogP contribution in [-0.2, 0) is 11.3 Å². The predicted molar refractivity (Wildman–Crippen MR) is 62.1 cm³/mol. The number of halogens is 1. The molecule has 0 aromatic heterocycles. The minimum Gasteiger partial charge on any atom is -0.508 e. The Bertz CT molecular complexity index is 367. The van der Waals surface area contributed by atoms with Gasteiger partial charge in [0, 0.05) is 32.2 Å². The molecule has 1 saturated heterocycles. The van der Waals surface area contributed by atoms with E-state index >= 15 is 0 Å². The number of rotatable bonds is 3. The number of morpholine rings is 1. The number of benzene rings is 1. The summed E-state index contributed by atoms with van der Waals surface area (Å²) in [5.41, 5.74) is 6.32. The van der Waals surface area contributed by atoms with Gasteiger partial charge in [0.15, 0.2) is 0 Å². The lowest BCUT2D eigenvalue weighted by molar-refractivity contribution is -0.0260. The first kappa shape index (κ1) is 12.3. The van der Waals surface area contributed by atoms with Gasteiger partial charge in [0.05, 0.1) is 12.7 Å². The second-order valence-electron chi connectivity index (χ2n) is 4.28. The number of nitrogens with two attached hydrogens (primary N) is 1. The molecular weight excluding hydrogens is 223 g/mol. The van der Waals surface area contributed by atoms with Gasteiger partial charge in [-0.15, -0.1) is 0 Å². The van der Waals surface area contributed by atoms with Crippen molar-refractivity contribution in [3.8, 4) is 5.75 Å². The first-order chi connectivity index (χ1) is 8.17. The molecular formula is C12H17FN2O2. The number of ether oxygens (including phenoxy) is 1. The normalized spacial score (nSPS) is 21.6. The fourth-order valence-electron chi connectivity index (χ4n) is 2.05. The molecule has 17 heavy (non-hydrogen) atoms. The number of hydrogen-bond donors (Lipinski definition) is 2. The van der Waals surface area contributed by atoms with Crippen LogP contribution >= 0.6 is 0 Å². The standard InChI is InChI=1S/C12H17FN2O2/c13-10-3-9(4-11(16)5-10)7-15-1-2-17-12(6-14)8-15/h3-5,12,16H,1-2,6-8,14H2. The van der Waals surface area contributed by atoms with E-state index in [4.69, 9.17) is 10.5 Å². The zero-order valence-electron chi connectivity index (χ0n) is 9.60. The van der Waals surface area contributed by atoms with Gasteiger partial charge >= 0.3 is 0 Å². The van der Waals surface area contributed by atoms with Crippen molar-refractivity contribution in [2.45, 2.75) is 12.6 Å². The van der Waals surface area contributed by atoms with Gasteiger partial charge in [-0.1, -0.05) is 0 Å². The van der Waals surface area contributed by atoms with Crippen LogP contribution in [0, 0.1) is 5.82 Å². The van der Waals surface area contributed by atoms with E-state index in [2.05, 4.69) is 4.90 Å². The van der Waals surface area contributed by atoms with Crippen molar-refractivity contribution in [1.29, 1.82) is 0 Å². The van der Waals surface area contributed by atoms with Crippen LogP contribution in [0.1, 0.15) is 5.56 Å². The Morgan fingerprint density at radius 2 is 2.29 bits per heavy atom. The van der Waals surface area contributed by atoms with Crippen LogP contribution in [0.25, 0.3) is 0 Å². The molecule has 0 radical (unpaired) electrons. The molecule has 3 N–H and O–H groups in total. The Balaban J connectivity index is 2.00. The lowest BCUT2D eigenvalue weighted by Crippen LogP contribution is -2.45. The molecule has 1 aliphatic heterocycles. The number of phenolic OH excluding ortho intramolecular Hbond substituents is 1. The number of hydrogen-bond acceptors (Lipinski definition) is 4. The molecule has 1 aromatic carbocycles. The van der Waals surface area contributed by atoms with E-state index in [9.17, 15) is 9.50 Å². The summed E-state index contributed by atoms with van der Waals surface area (Å²) in [6.07, 6.45) is 0.0471. The maximum Gasteiger partial charge on any atom is 0.127 e. The predicted octanol–water partition coefficient (Wildman–Crippen LogP) is 0.691. The second kappa shape index (κ2) is 5.44. The Morgan fingerprint density at radius 1 is 1.47 bits per heavy atom. The molecule has 1 heterocycles. The van der Waals surface area contributed by atoms with E-state index in [1.165, 1.54) is 6.07 Å². The van der Waals surface area contributed by atoms with Crippen molar-refractivity contribution in [2.24, 2.45) is 5.73 Å². The molecule has 0 bridgehead atoms. The summed E-state index contributed by atoms with van der Waals surface area (Å²) in [4.78, 5) is 2.15. The van der Waals surface area contributed by atoms with Crippen molar-refractivity contribution in [1.82, 2.24) is 4.90 Å². The fraction of sp³-hybridized carbons (Fsp3) is 0.500. The zero-order chi connectivity index (χ0) is 12.3. The maximum absolute atomic E-state index is 13.1. The Hall–Kier alpha value is -1.17. The van der Waals surface area contributed by atoms with Crippen molar-refractivity contribution >= 4 is 0 Å². The lowest BCUT2D eigenvalue weighted by Gasteiger charge is -2.32. The van der Waals surface area contributed by atoms with Crippen LogP contribution in [0.15, 0.2) is 18.2 Å². The largest absolute Gasteiger partial charge is 0.508 e. The van der Waals surface area contributed by atoms with E-state index in [1.807, 2.05) is 0 Å². The van der Waals surface area contributed by atoms with Crippen LogP contribution in [0.2, 0.25) is 0 Å². The Morgan fingerprint density at radius 3 is 3.00 bits per heavy atom.